The van der Waals surface area contributed by atoms with E-state index in [2.05, 4.69) is 15.6 Å². The third kappa shape index (κ3) is 8.58. The molecule has 0 unspecified atom stereocenters. The summed E-state index contributed by atoms with van der Waals surface area (Å²) in [6.45, 7) is 8.32. The summed E-state index contributed by atoms with van der Waals surface area (Å²) in [6.07, 6.45) is 1.15. The second-order valence-corrected chi connectivity index (χ2v) is 5.23. The Morgan fingerprint density at radius 1 is 1.17 bits per heavy atom. The number of rotatable bonds is 9. The van der Waals surface area contributed by atoms with Crippen LogP contribution >= 0.6 is 24.0 Å². The Morgan fingerprint density at radius 3 is 2.46 bits per heavy atom. The number of methoxy groups -OCH3 is 2. The highest BCUT2D eigenvalue weighted by atomic mass is 127. The van der Waals surface area contributed by atoms with Crippen LogP contribution in [0.25, 0.3) is 0 Å². The number of hydrogen-bond acceptors (Lipinski definition) is 4. The van der Waals surface area contributed by atoms with Gasteiger partial charge in [0.2, 0.25) is 0 Å². The summed E-state index contributed by atoms with van der Waals surface area (Å²) in [6, 6.07) is 5.67. The minimum absolute atomic E-state index is 0. The van der Waals surface area contributed by atoms with Gasteiger partial charge in [0.1, 0.15) is 0 Å². The molecule has 1 aromatic rings. The van der Waals surface area contributed by atoms with Crippen molar-refractivity contribution in [1.82, 2.24) is 5.32 Å². The van der Waals surface area contributed by atoms with Crippen molar-refractivity contribution in [3.63, 3.8) is 0 Å². The highest BCUT2D eigenvalue weighted by Gasteiger charge is 2.06. The third-order valence-electron chi connectivity index (χ3n) is 3.01. The Kier molecular flexibility index (Phi) is 12.4. The van der Waals surface area contributed by atoms with E-state index in [0.29, 0.717) is 18.0 Å². The van der Waals surface area contributed by atoms with E-state index in [1.54, 1.807) is 14.2 Å². The lowest BCUT2D eigenvalue weighted by Crippen LogP contribution is -2.30. The number of aliphatic imine (C=N–C) groups is 1. The summed E-state index contributed by atoms with van der Waals surface area (Å²) in [5.74, 6) is 2.12. The third-order valence-corrected chi connectivity index (χ3v) is 3.01. The fourth-order valence-corrected chi connectivity index (χ4v) is 1.93. The molecule has 0 aromatic heterocycles. The van der Waals surface area contributed by atoms with Crippen molar-refractivity contribution in [2.24, 2.45) is 4.99 Å². The van der Waals surface area contributed by atoms with Crippen LogP contribution < -0.4 is 20.1 Å². The number of nitrogens with zero attached hydrogens (tertiary/aromatic N) is 1. The van der Waals surface area contributed by atoms with Crippen molar-refractivity contribution >= 4 is 35.6 Å². The van der Waals surface area contributed by atoms with Crippen molar-refractivity contribution in [2.75, 3.05) is 39.2 Å². The molecule has 7 heteroatoms. The lowest BCUT2D eigenvalue weighted by Gasteiger charge is -2.14. The molecule has 0 amide bonds. The van der Waals surface area contributed by atoms with Gasteiger partial charge in [0.05, 0.1) is 20.3 Å². The maximum Gasteiger partial charge on any atom is 0.195 e. The number of hydrogen-bond donors (Lipinski definition) is 2. The zero-order valence-corrected chi connectivity index (χ0v) is 17.5. The van der Waals surface area contributed by atoms with Crippen molar-refractivity contribution in [1.29, 1.82) is 0 Å². The van der Waals surface area contributed by atoms with E-state index in [9.17, 15) is 0 Å². The first-order valence-corrected chi connectivity index (χ1v) is 7.99. The fourth-order valence-electron chi connectivity index (χ4n) is 1.93. The molecule has 6 nitrogen and oxygen atoms in total. The molecule has 0 saturated heterocycles. The van der Waals surface area contributed by atoms with Gasteiger partial charge in [0.15, 0.2) is 17.5 Å². The SMILES string of the molecule is CCNC(=NCCCOC(C)C)Nc1ccc(OC)c(OC)c1.I. The number of guanidine groups is 1. The van der Waals surface area contributed by atoms with Crippen LogP contribution in [0.1, 0.15) is 27.2 Å². The normalized spacial score (nSPS) is 11.0. The lowest BCUT2D eigenvalue weighted by molar-refractivity contribution is 0.0783. The van der Waals surface area contributed by atoms with Crippen LogP contribution in [-0.4, -0.2) is 46.0 Å². The first-order valence-electron chi connectivity index (χ1n) is 7.99. The van der Waals surface area contributed by atoms with Crippen LogP contribution in [0.4, 0.5) is 5.69 Å². The number of nitrogens with one attached hydrogen (secondary N) is 2. The van der Waals surface area contributed by atoms with E-state index in [-0.39, 0.29) is 30.1 Å². The van der Waals surface area contributed by atoms with Gasteiger partial charge < -0.3 is 24.8 Å². The molecule has 1 aromatic carbocycles. The van der Waals surface area contributed by atoms with Gasteiger partial charge in [-0.2, -0.15) is 0 Å². The monoisotopic (exact) mass is 451 g/mol. The van der Waals surface area contributed by atoms with Crippen LogP contribution in [0.2, 0.25) is 0 Å². The Labute approximate surface area is 162 Å². The molecule has 1 rings (SSSR count). The molecule has 0 spiro atoms. The molecule has 0 aliphatic carbocycles. The summed E-state index contributed by atoms with van der Waals surface area (Å²) in [5, 5.41) is 6.49. The maximum absolute atomic E-state index is 5.52. The van der Waals surface area contributed by atoms with E-state index in [0.717, 1.165) is 31.2 Å². The van der Waals surface area contributed by atoms with Gasteiger partial charge in [-0.1, -0.05) is 0 Å². The average molecular weight is 451 g/mol. The van der Waals surface area contributed by atoms with Gasteiger partial charge in [-0.3, -0.25) is 4.99 Å². The molecule has 0 heterocycles. The van der Waals surface area contributed by atoms with Crippen molar-refractivity contribution in [2.45, 2.75) is 33.3 Å². The Morgan fingerprint density at radius 2 is 1.88 bits per heavy atom. The van der Waals surface area contributed by atoms with E-state index in [1.165, 1.54) is 0 Å². The average Bonchev–Trinajstić information content (AvgIpc) is 2.54. The zero-order valence-electron chi connectivity index (χ0n) is 15.2. The van der Waals surface area contributed by atoms with Crippen molar-refractivity contribution in [3.8, 4) is 11.5 Å². The second kappa shape index (κ2) is 13.1. The number of anilines is 1. The van der Waals surface area contributed by atoms with Gasteiger partial charge in [-0.05, 0) is 39.3 Å². The van der Waals surface area contributed by atoms with Crippen LogP contribution in [0.3, 0.4) is 0 Å². The maximum atomic E-state index is 5.52. The number of halogens is 1. The lowest BCUT2D eigenvalue weighted by atomic mass is 10.3. The molecular weight excluding hydrogens is 421 g/mol. The van der Waals surface area contributed by atoms with Gasteiger partial charge in [0, 0.05) is 31.5 Å². The first kappa shape index (κ1) is 22.8. The highest BCUT2D eigenvalue weighted by molar-refractivity contribution is 14.0. The summed E-state index contributed by atoms with van der Waals surface area (Å²) >= 11 is 0. The summed E-state index contributed by atoms with van der Waals surface area (Å²) in [5.41, 5.74) is 0.890. The molecular formula is C17H30IN3O3. The Hall–Kier alpha value is -1.22. The minimum atomic E-state index is 0. The summed E-state index contributed by atoms with van der Waals surface area (Å²) < 4.78 is 16.1. The number of benzene rings is 1. The van der Waals surface area contributed by atoms with Crippen LogP contribution in [0.5, 0.6) is 11.5 Å². The van der Waals surface area contributed by atoms with Crippen molar-refractivity contribution < 1.29 is 14.2 Å². The molecule has 24 heavy (non-hydrogen) atoms. The van der Waals surface area contributed by atoms with Gasteiger partial charge in [-0.15, -0.1) is 24.0 Å². The quantitative estimate of drug-likeness (QED) is 0.261. The molecule has 2 N–H and O–H groups in total. The molecule has 0 atom stereocenters. The van der Waals surface area contributed by atoms with Crippen molar-refractivity contribution in [3.05, 3.63) is 18.2 Å². The van der Waals surface area contributed by atoms with Crippen LogP contribution in [-0.2, 0) is 4.74 Å². The zero-order chi connectivity index (χ0) is 17.1. The largest absolute Gasteiger partial charge is 0.493 e. The highest BCUT2D eigenvalue weighted by Crippen LogP contribution is 2.29. The molecule has 0 aliphatic rings. The smallest absolute Gasteiger partial charge is 0.195 e. The standard InChI is InChI=1S/C17H29N3O3.HI/c1-6-18-17(19-10-7-11-23-13(2)3)20-14-8-9-15(21-4)16(12-14)22-5;/h8-9,12-13H,6-7,10-11H2,1-5H3,(H2,18,19,20);1H. The minimum Gasteiger partial charge on any atom is -0.493 e. The first-order chi connectivity index (χ1) is 11.1. The van der Waals surface area contributed by atoms with E-state index in [1.807, 2.05) is 39.0 Å². The van der Waals surface area contributed by atoms with Crippen LogP contribution in [0, 0.1) is 0 Å². The van der Waals surface area contributed by atoms with E-state index in [4.69, 9.17) is 14.2 Å². The topological polar surface area (TPSA) is 64.1 Å². The van der Waals surface area contributed by atoms with Gasteiger partial charge in [0.25, 0.3) is 0 Å². The predicted molar refractivity (Wildman–Crippen MR) is 110 cm³/mol. The number of ether oxygens (including phenoxy) is 3. The molecule has 0 radical (unpaired) electrons. The molecule has 0 bridgehead atoms. The van der Waals surface area contributed by atoms with Gasteiger partial charge >= 0.3 is 0 Å². The molecule has 0 aliphatic heterocycles. The predicted octanol–water partition coefficient (Wildman–Crippen LogP) is 3.51. The Bertz CT molecular complexity index is 496. The van der Waals surface area contributed by atoms with Crippen LogP contribution in [0.15, 0.2) is 23.2 Å². The van der Waals surface area contributed by atoms with Gasteiger partial charge in [-0.25, -0.2) is 0 Å². The van der Waals surface area contributed by atoms with E-state index < -0.39 is 0 Å². The second-order valence-electron chi connectivity index (χ2n) is 5.23. The fraction of sp³-hybridized carbons (Fsp3) is 0.588. The Balaban J connectivity index is 0.00000529. The molecule has 0 saturated carbocycles. The summed E-state index contributed by atoms with van der Waals surface area (Å²) in [4.78, 5) is 4.55. The molecule has 0 fully saturated rings. The summed E-state index contributed by atoms with van der Waals surface area (Å²) in [7, 11) is 3.24. The molecule has 138 valence electrons. The van der Waals surface area contributed by atoms with E-state index >= 15 is 0 Å².